The minimum Gasteiger partial charge on any atom is -0.451 e. The number of hydrogen-bond acceptors (Lipinski definition) is 4. The van der Waals surface area contributed by atoms with Crippen LogP contribution in [0.3, 0.4) is 0 Å². The summed E-state index contributed by atoms with van der Waals surface area (Å²) in [4.78, 5) is 13.0. The average molecular weight is 448 g/mol. The van der Waals surface area contributed by atoms with E-state index in [2.05, 4.69) is 29.6 Å². The van der Waals surface area contributed by atoms with Gasteiger partial charge in [-0.2, -0.15) is 0 Å². The number of furan rings is 1. The summed E-state index contributed by atoms with van der Waals surface area (Å²) in [5.74, 6) is -0.458. The van der Waals surface area contributed by atoms with Crippen molar-refractivity contribution >= 4 is 26.7 Å². The van der Waals surface area contributed by atoms with Gasteiger partial charge in [0.1, 0.15) is 5.58 Å². The van der Waals surface area contributed by atoms with E-state index >= 15 is 0 Å². The van der Waals surface area contributed by atoms with E-state index in [0.717, 1.165) is 6.26 Å². The van der Waals surface area contributed by atoms with Crippen molar-refractivity contribution in [2.75, 3.05) is 12.8 Å². The van der Waals surface area contributed by atoms with Crippen molar-refractivity contribution in [2.45, 2.75) is 18.1 Å². The van der Waals surface area contributed by atoms with Crippen LogP contribution in [0.4, 0.5) is 0 Å². The Kier molecular flexibility index (Phi) is 6.42. The monoisotopic (exact) mass is 447 g/mol. The second-order valence-electron chi connectivity index (χ2n) is 7.89. The summed E-state index contributed by atoms with van der Waals surface area (Å²) >= 11 is 0. The lowest BCUT2D eigenvalue weighted by Gasteiger charge is -2.18. The van der Waals surface area contributed by atoms with Gasteiger partial charge in [-0.05, 0) is 23.6 Å². The quantitative estimate of drug-likeness (QED) is 0.416. The summed E-state index contributed by atoms with van der Waals surface area (Å²) in [6.45, 7) is 0.419. The second kappa shape index (κ2) is 9.40. The van der Waals surface area contributed by atoms with Gasteiger partial charge < -0.3 is 9.73 Å². The standard InChI is InChI=1S/C26H25NO4S/c1-32(29,30)18-23-22-14-8-9-15-24(22)31-25(23)26(28)27-17-16-21(19-10-4-2-5-11-19)20-12-6-3-7-13-20/h2-15,21H,16-18H2,1H3,(H,27,28). The van der Waals surface area contributed by atoms with Crippen molar-refractivity contribution < 1.29 is 17.6 Å². The summed E-state index contributed by atoms with van der Waals surface area (Å²) in [5.41, 5.74) is 3.26. The lowest BCUT2D eigenvalue weighted by atomic mass is 9.88. The lowest BCUT2D eigenvalue weighted by Crippen LogP contribution is -2.26. The summed E-state index contributed by atoms with van der Waals surface area (Å²) in [5, 5.41) is 3.58. The molecule has 0 aliphatic carbocycles. The van der Waals surface area contributed by atoms with Crippen LogP contribution < -0.4 is 5.32 Å². The zero-order chi connectivity index (χ0) is 22.6. The first kappa shape index (κ1) is 21.8. The molecule has 1 N–H and O–H groups in total. The highest BCUT2D eigenvalue weighted by molar-refractivity contribution is 7.89. The highest BCUT2D eigenvalue weighted by atomic mass is 32.2. The Morgan fingerprint density at radius 2 is 1.44 bits per heavy atom. The number of fused-ring (bicyclic) bond motifs is 1. The molecule has 0 bridgehead atoms. The van der Waals surface area contributed by atoms with E-state index in [1.54, 1.807) is 24.3 Å². The number of sulfone groups is 1. The van der Waals surface area contributed by atoms with Crippen molar-refractivity contribution in [1.29, 1.82) is 0 Å². The Bertz CT molecular complexity index is 1270. The number of benzene rings is 3. The number of amides is 1. The molecule has 4 rings (SSSR count). The van der Waals surface area contributed by atoms with E-state index in [1.165, 1.54) is 11.1 Å². The van der Waals surface area contributed by atoms with Gasteiger partial charge in [0.15, 0.2) is 15.6 Å². The maximum absolute atomic E-state index is 13.0. The number of nitrogens with one attached hydrogen (secondary N) is 1. The van der Waals surface area contributed by atoms with Crippen molar-refractivity contribution in [1.82, 2.24) is 5.32 Å². The van der Waals surface area contributed by atoms with Crippen LogP contribution in [0, 0.1) is 0 Å². The zero-order valence-electron chi connectivity index (χ0n) is 17.8. The minimum atomic E-state index is -3.34. The molecule has 0 saturated carbocycles. The molecule has 32 heavy (non-hydrogen) atoms. The summed E-state index contributed by atoms with van der Waals surface area (Å²) < 4.78 is 29.7. The fraction of sp³-hybridized carbons (Fsp3) is 0.192. The lowest BCUT2D eigenvalue weighted by molar-refractivity contribution is 0.0926. The first-order valence-corrected chi connectivity index (χ1v) is 12.5. The molecule has 0 aliphatic heterocycles. The summed E-state index contributed by atoms with van der Waals surface area (Å²) in [6, 6.07) is 27.5. The molecule has 1 aromatic heterocycles. The highest BCUT2D eigenvalue weighted by Gasteiger charge is 2.23. The van der Waals surface area contributed by atoms with Crippen LogP contribution in [0.5, 0.6) is 0 Å². The van der Waals surface area contributed by atoms with Crippen LogP contribution in [0.15, 0.2) is 89.3 Å². The van der Waals surface area contributed by atoms with Crippen LogP contribution >= 0.6 is 0 Å². The third-order valence-electron chi connectivity index (χ3n) is 5.43. The molecule has 0 spiro atoms. The number of carbonyl (C=O) groups is 1. The minimum absolute atomic E-state index is 0.0626. The average Bonchev–Trinajstić information content (AvgIpc) is 3.15. The predicted octanol–water partition coefficient (Wildman–Crippen LogP) is 4.93. The van der Waals surface area contributed by atoms with E-state index in [-0.39, 0.29) is 17.4 Å². The molecular formula is C26H25NO4S. The highest BCUT2D eigenvalue weighted by Crippen LogP contribution is 2.29. The van der Waals surface area contributed by atoms with E-state index in [9.17, 15) is 13.2 Å². The van der Waals surface area contributed by atoms with Gasteiger partial charge in [-0.15, -0.1) is 0 Å². The van der Waals surface area contributed by atoms with Gasteiger partial charge in [0.25, 0.3) is 5.91 Å². The van der Waals surface area contributed by atoms with Crippen LogP contribution in [0.25, 0.3) is 11.0 Å². The Balaban J connectivity index is 1.54. The largest absolute Gasteiger partial charge is 0.451 e. The molecule has 0 unspecified atom stereocenters. The SMILES string of the molecule is CS(=O)(=O)Cc1c(C(=O)NCCC(c2ccccc2)c2ccccc2)oc2ccccc12. The first-order valence-electron chi connectivity index (χ1n) is 10.5. The Morgan fingerprint density at radius 3 is 2.03 bits per heavy atom. The Labute approximate surface area is 188 Å². The van der Waals surface area contributed by atoms with Crippen LogP contribution in [0.1, 0.15) is 39.6 Å². The second-order valence-corrected chi connectivity index (χ2v) is 10.0. The summed E-state index contributed by atoms with van der Waals surface area (Å²) in [6.07, 6.45) is 1.85. The number of rotatable bonds is 8. The molecule has 1 heterocycles. The smallest absolute Gasteiger partial charge is 0.287 e. The summed E-state index contributed by atoms with van der Waals surface area (Å²) in [7, 11) is -3.34. The maximum atomic E-state index is 13.0. The molecule has 0 atom stereocenters. The zero-order valence-corrected chi connectivity index (χ0v) is 18.6. The van der Waals surface area contributed by atoms with Crippen molar-refractivity contribution in [2.24, 2.45) is 0 Å². The van der Waals surface area contributed by atoms with Crippen molar-refractivity contribution in [3.8, 4) is 0 Å². The number of hydrogen-bond donors (Lipinski definition) is 1. The third-order valence-corrected chi connectivity index (χ3v) is 6.25. The molecule has 0 aliphatic rings. The van der Waals surface area contributed by atoms with Gasteiger partial charge in [0.2, 0.25) is 0 Å². The van der Waals surface area contributed by atoms with Crippen molar-refractivity contribution in [3.63, 3.8) is 0 Å². The molecule has 5 nitrogen and oxygen atoms in total. The molecule has 0 fully saturated rings. The van der Waals surface area contributed by atoms with E-state index in [0.29, 0.717) is 29.5 Å². The fourth-order valence-electron chi connectivity index (χ4n) is 3.99. The molecule has 4 aromatic rings. The van der Waals surface area contributed by atoms with Gasteiger partial charge in [-0.3, -0.25) is 4.79 Å². The molecular weight excluding hydrogens is 422 g/mol. The third kappa shape index (κ3) is 5.08. The van der Waals surface area contributed by atoms with Gasteiger partial charge in [0.05, 0.1) is 5.75 Å². The van der Waals surface area contributed by atoms with Gasteiger partial charge in [0, 0.05) is 29.7 Å². The predicted molar refractivity (Wildman–Crippen MR) is 126 cm³/mol. The van der Waals surface area contributed by atoms with Gasteiger partial charge in [-0.25, -0.2) is 8.42 Å². The number of para-hydroxylation sites is 1. The Morgan fingerprint density at radius 1 is 0.875 bits per heavy atom. The normalized spacial score (nSPS) is 11.7. The maximum Gasteiger partial charge on any atom is 0.287 e. The van der Waals surface area contributed by atoms with Gasteiger partial charge >= 0.3 is 0 Å². The van der Waals surface area contributed by atoms with Crippen molar-refractivity contribution in [3.05, 3.63) is 107 Å². The first-order chi connectivity index (χ1) is 15.4. The van der Waals surface area contributed by atoms with Crippen LogP contribution in [-0.2, 0) is 15.6 Å². The Hall–Kier alpha value is -3.38. The van der Waals surface area contributed by atoms with E-state index in [1.807, 2.05) is 36.4 Å². The molecule has 1 amide bonds. The fourth-order valence-corrected chi connectivity index (χ4v) is 4.81. The van der Waals surface area contributed by atoms with E-state index in [4.69, 9.17) is 4.42 Å². The molecule has 6 heteroatoms. The molecule has 164 valence electrons. The topological polar surface area (TPSA) is 76.4 Å². The van der Waals surface area contributed by atoms with Crippen LogP contribution in [0.2, 0.25) is 0 Å². The van der Waals surface area contributed by atoms with Gasteiger partial charge in [-0.1, -0.05) is 78.9 Å². The molecule has 0 saturated heterocycles. The van der Waals surface area contributed by atoms with E-state index < -0.39 is 15.7 Å². The molecule has 3 aromatic carbocycles. The van der Waals surface area contributed by atoms with Crippen LogP contribution in [-0.4, -0.2) is 27.1 Å². The molecule has 0 radical (unpaired) electrons. The number of carbonyl (C=O) groups excluding carboxylic acids is 1.